The molecule has 0 unspecified atom stereocenters. The number of nitro benzene ring substituents is 1. The molecule has 1 saturated heterocycles. The van der Waals surface area contributed by atoms with Gasteiger partial charge in [-0.1, -0.05) is 23.9 Å². The Kier molecular flexibility index (Phi) is 5.44. The summed E-state index contributed by atoms with van der Waals surface area (Å²) < 4.78 is 8.00. The number of aromatic nitrogens is 2. The van der Waals surface area contributed by atoms with E-state index < -0.39 is 0 Å². The van der Waals surface area contributed by atoms with Crippen molar-refractivity contribution in [3.63, 3.8) is 0 Å². The highest BCUT2D eigenvalue weighted by atomic mass is 32.2. The Morgan fingerprint density at radius 2 is 2.28 bits per heavy atom. The minimum absolute atomic E-state index is 0.0735. The molecular formula is C18H23N3O3S. The van der Waals surface area contributed by atoms with Gasteiger partial charge in [-0.3, -0.25) is 10.1 Å². The van der Waals surface area contributed by atoms with E-state index in [9.17, 15) is 10.1 Å². The van der Waals surface area contributed by atoms with E-state index in [-0.39, 0.29) is 22.0 Å². The lowest BCUT2D eigenvalue weighted by atomic mass is 10.1. The molecule has 1 aliphatic rings. The van der Waals surface area contributed by atoms with Gasteiger partial charge in [-0.15, -0.1) is 0 Å². The number of non-ortho nitro benzene ring substituents is 1. The van der Waals surface area contributed by atoms with Gasteiger partial charge in [0.1, 0.15) is 0 Å². The van der Waals surface area contributed by atoms with Gasteiger partial charge in [-0.2, -0.15) is 0 Å². The maximum absolute atomic E-state index is 11.0. The van der Waals surface area contributed by atoms with Gasteiger partial charge in [-0.05, 0) is 39.2 Å². The molecule has 2 aromatic rings. The summed E-state index contributed by atoms with van der Waals surface area (Å²) in [5, 5.41) is 12.0. The van der Waals surface area contributed by atoms with Gasteiger partial charge >= 0.3 is 0 Å². The first-order chi connectivity index (χ1) is 12.0. The molecule has 6 nitrogen and oxygen atoms in total. The summed E-state index contributed by atoms with van der Waals surface area (Å²) in [4.78, 5) is 15.4. The smallest absolute Gasteiger partial charge is 0.269 e. The molecule has 0 N–H and O–H groups in total. The van der Waals surface area contributed by atoms with Gasteiger partial charge in [0.15, 0.2) is 5.16 Å². The highest BCUT2D eigenvalue weighted by molar-refractivity contribution is 7.99. The molecule has 25 heavy (non-hydrogen) atoms. The van der Waals surface area contributed by atoms with Gasteiger partial charge < -0.3 is 9.30 Å². The van der Waals surface area contributed by atoms with Crippen molar-refractivity contribution >= 4 is 17.4 Å². The van der Waals surface area contributed by atoms with Crippen LogP contribution in [0.5, 0.6) is 0 Å². The Balaban J connectivity index is 1.81. The van der Waals surface area contributed by atoms with E-state index in [1.54, 1.807) is 23.9 Å². The van der Waals surface area contributed by atoms with E-state index in [0.717, 1.165) is 48.1 Å². The molecule has 134 valence electrons. The van der Waals surface area contributed by atoms with Crippen molar-refractivity contribution in [3.05, 3.63) is 51.3 Å². The van der Waals surface area contributed by atoms with E-state index in [4.69, 9.17) is 9.72 Å². The predicted octanol–water partition coefficient (Wildman–Crippen LogP) is 4.44. The van der Waals surface area contributed by atoms with E-state index in [0.29, 0.717) is 0 Å². The standard InChI is InChI=1S/C18H23N3O3S/c1-12-13(2)20(11-17-8-5-9-24-17)18(19-12)25-14(3)15-6-4-7-16(10-15)21(22)23/h4,6-7,10,14,17H,5,8-9,11H2,1-3H3/t14-,17+/m1/s1. The Hall–Kier alpha value is -1.86. The number of aryl methyl sites for hydroxylation is 1. The predicted molar refractivity (Wildman–Crippen MR) is 98.0 cm³/mol. The van der Waals surface area contributed by atoms with E-state index in [1.165, 1.54) is 6.07 Å². The van der Waals surface area contributed by atoms with Crippen molar-refractivity contribution in [2.45, 2.75) is 56.7 Å². The number of hydrogen-bond acceptors (Lipinski definition) is 5. The number of nitro groups is 1. The van der Waals surface area contributed by atoms with Gasteiger partial charge in [0.2, 0.25) is 0 Å². The van der Waals surface area contributed by atoms with Crippen molar-refractivity contribution in [1.82, 2.24) is 9.55 Å². The zero-order chi connectivity index (χ0) is 18.0. The lowest BCUT2D eigenvalue weighted by Crippen LogP contribution is -2.16. The molecule has 1 fully saturated rings. The summed E-state index contributed by atoms with van der Waals surface area (Å²) >= 11 is 1.64. The summed E-state index contributed by atoms with van der Waals surface area (Å²) in [6.45, 7) is 7.81. The second kappa shape index (κ2) is 7.58. The molecule has 0 bridgehead atoms. The van der Waals surface area contributed by atoms with E-state index in [2.05, 4.69) is 18.4 Å². The van der Waals surface area contributed by atoms with Crippen LogP contribution < -0.4 is 0 Å². The quantitative estimate of drug-likeness (QED) is 0.432. The van der Waals surface area contributed by atoms with Crippen molar-refractivity contribution in [1.29, 1.82) is 0 Å². The lowest BCUT2D eigenvalue weighted by Gasteiger charge is -2.17. The maximum Gasteiger partial charge on any atom is 0.269 e. The van der Waals surface area contributed by atoms with Crippen LogP contribution in [0.1, 0.15) is 42.0 Å². The first-order valence-electron chi connectivity index (χ1n) is 8.52. The highest BCUT2D eigenvalue weighted by Crippen LogP contribution is 2.36. The molecule has 0 radical (unpaired) electrons. The number of imidazole rings is 1. The average molecular weight is 361 g/mol. The second-order valence-corrected chi connectivity index (χ2v) is 7.73. The number of nitrogens with zero attached hydrogens (tertiary/aromatic N) is 3. The number of hydrogen-bond donors (Lipinski definition) is 0. The van der Waals surface area contributed by atoms with E-state index >= 15 is 0 Å². The van der Waals surface area contributed by atoms with Gasteiger partial charge in [0.25, 0.3) is 5.69 Å². The second-order valence-electron chi connectivity index (χ2n) is 6.42. The van der Waals surface area contributed by atoms with Crippen molar-refractivity contribution in [3.8, 4) is 0 Å². The van der Waals surface area contributed by atoms with Crippen LogP contribution in [0.25, 0.3) is 0 Å². The van der Waals surface area contributed by atoms with E-state index in [1.807, 2.05) is 13.0 Å². The topological polar surface area (TPSA) is 70.2 Å². The monoisotopic (exact) mass is 361 g/mol. The van der Waals surface area contributed by atoms with Crippen LogP contribution in [0, 0.1) is 24.0 Å². The molecule has 2 heterocycles. The number of benzene rings is 1. The first-order valence-corrected chi connectivity index (χ1v) is 9.40. The summed E-state index contributed by atoms with van der Waals surface area (Å²) in [6.07, 6.45) is 2.45. The summed E-state index contributed by atoms with van der Waals surface area (Å²) in [5.41, 5.74) is 3.23. The SMILES string of the molecule is Cc1nc(S[C@H](C)c2cccc([N+](=O)[O-])c2)n(C[C@@H]2CCCO2)c1C. The molecule has 3 rings (SSSR count). The van der Waals surface area contributed by atoms with Gasteiger partial charge in [-0.25, -0.2) is 4.98 Å². The zero-order valence-electron chi connectivity index (χ0n) is 14.8. The minimum atomic E-state index is -0.354. The van der Waals surface area contributed by atoms with Crippen LogP contribution in [0.15, 0.2) is 29.4 Å². The van der Waals surface area contributed by atoms with Crippen LogP contribution in [0.2, 0.25) is 0 Å². The third kappa shape index (κ3) is 4.04. The molecule has 1 aromatic carbocycles. The zero-order valence-corrected chi connectivity index (χ0v) is 15.6. The fourth-order valence-corrected chi connectivity index (χ4v) is 4.17. The first kappa shape index (κ1) is 17.9. The lowest BCUT2D eigenvalue weighted by molar-refractivity contribution is -0.384. The van der Waals surface area contributed by atoms with Crippen molar-refractivity contribution in [2.24, 2.45) is 0 Å². The molecule has 7 heteroatoms. The summed E-state index contributed by atoms with van der Waals surface area (Å²) in [7, 11) is 0. The fraction of sp³-hybridized carbons (Fsp3) is 0.500. The maximum atomic E-state index is 11.0. The third-order valence-electron chi connectivity index (χ3n) is 4.67. The van der Waals surface area contributed by atoms with Crippen LogP contribution in [0.3, 0.4) is 0 Å². The number of rotatable bonds is 6. The Labute approximate surface area is 151 Å². The number of ether oxygens (including phenoxy) is 1. The normalized spacial score (nSPS) is 18.4. The molecule has 0 saturated carbocycles. The average Bonchev–Trinajstić information content (AvgIpc) is 3.19. The number of thioether (sulfide) groups is 1. The molecule has 0 spiro atoms. The fourth-order valence-electron chi connectivity index (χ4n) is 3.04. The Morgan fingerprint density at radius 3 is 2.96 bits per heavy atom. The van der Waals surface area contributed by atoms with Crippen molar-refractivity contribution < 1.29 is 9.66 Å². The largest absolute Gasteiger partial charge is 0.376 e. The summed E-state index contributed by atoms with van der Waals surface area (Å²) in [5.74, 6) is 0. The van der Waals surface area contributed by atoms with Crippen molar-refractivity contribution in [2.75, 3.05) is 6.61 Å². The highest BCUT2D eigenvalue weighted by Gasteiger charge is 2.22. The van der Waals surface area contributed by atoms with Crippen LogP contribution in [0.4, 0.5) is 5.69 Å². The van der Waals surface area contributed by atoms with Gasteiger partial charge in [0, 0.05) is 29.7 Å². The molecule has 0 amide bonds. The van der Waals surface area contributed by atoms with Gasteiger partial charge in [0.05, 0.1) is 23.3 Å². The Morgan fingerprint density at radius 1 is 1.48 bits per heavy atom. The molecule has 2 atom stereocenters. The molecular weight excluding hydrogens is 338 g/mol. The van der Waals surface area contributed by atoms with Crippen LogP contribution in [-0.2, 0) is 11.3 Å². The third-order valence-corrected chi connectivity index (χ3v) is 5.81. The molecule has 0 aliphatic carbocycles. The van der Waals surface area contributed by atoms with Crippen LogP contribution in [-0.4, -0.2) is 27.2 Å². The summed E-state index contributed by atoms with van der Waals surface area (Å²) in [6, 6.07) is 6.83. The van der Waals surface area contributed by atoms with Crippen LogP contribution >= 0.6 is 11.8 Å². The molecule has 1 aromatic heterocycles. The molecule has 1 aliphatic heterocycles. The Bertz CT molecular complexity index is 769. The minimum Gasteiger partial charge on any atom is -0.376 e.